The molecule has 3 nitrogen and oxygen atoms in total. The van der Waals surface area contributed by atoms with Gasteiger partial charge in [-0.25, -0.2) is 5.43 Å². The summed E-state index contributed by atoms with van der Waals surface area (Å²) in [6.07, 6.45) is 5.02. The van der Waals surface area contributed by atoms with Crippen molar-refractivity contribution in [1.29, 1.82) is 0 Å². The normalized spacial score (nSPS) is 15.6. The summed E-state index contributed by atoms with van der Waals surface area (Å²) in [6.45, 7) is 2.09. The molecule has 4 heteroatoms. The fourth-order valence-electron chi connectivity index (χ4n) is 3.06. The molecule has 1 heterocycles. The summed E-state index contributed by atoms with van der Waals surface area (Å²) in [5.74, 6) is 6.75. The van der Waals surface area contributed by atoms with Crippen LogP contribution in [0.4, 0.5) is 0 Å². The largest absolute Gasteiger partial charge is 0.496 e. The Morgan fingerprint density at radius 2 is 2.05 bits per heavy atom. The summed E-state index contributed by atoms with van der Waals surface area (Å²) in [4.78, 5) is 2.82. The highest BCUT2D eigenvalue weighted by Crippen LogP contribution is 2.37. The van der Waals surface area contributed by atoms with Crippen LogP contribution in [-0.4, -0.2) is 7.11 Å². The van der Waals surface area contributed by atoms with Gasteiger partial charge in [-0.05, 0) is 50.3 Å². The summed E-state index contributed by atoms with van der Waals surface area (Å²) >= 11 is 1.89. The van der Waals surface area contributed by atoms with E-state index in [0.29, 0.717) is 0 Å². The lowest BCUT2D eigenvalue weighted by molar-refractivity contribution is 0.404. The van der Waals surface area contributed by atoms with Gasteiger partial charge >= 0.3 is 0 Å². The van der Waals surface area contributed by atoms with Gasteiger partial charge in [-0.3, -0.25) is 5.84 Å². The number of benzene rings is 1. The fraction of sp³-hybridized carbons (Fsp3) is 0.412. The topological polar surface area (TPSA) is 47.3 Å². The Morgan fingerprint density at radius 1 is 1.24 bits per heavy atom. The molecule has 1 aliphatic rings. The molecule has 0 amide bonds. The van der Waals surface area contributed by atoms with Crippen molar-refractivity contribution in [3.05, 3.63) is 50.7 Å². The Labute approximate surface area is 130 Å². The predicted molar refractivity (Wildman–Crippen MR) is 87.9 cm³/mol. The van der Waals surface area contributed by atoms with Gasteiger partial charge in [0.2, 0.25) is 0 Å². The van der Waals surface area contributed by atoms with Crippen LogP contribution in [0.2, 0.25) is 0 Å². The van der Waals surface area contributed by atoms with E-state index in [9.17, 15) is 0 Å². The Bertz CT molecular complexity index is 612. The van der Waals surface area contributed by atoms with Crippen molar-refractivity contribution in [3.8, 4) is 5.75 Å². The predicted octanol–water partition coefficient (Wildman–Crippen LogP) is 3.50. The van der Waals surface area contributed by atoms with Gasteiger partial charge in [-0.2, -0.15) is 0 Å². The third-order valence-electron chi connectivity index (χ3n) is 4.16. The summed E-state index contributed by atoms with van der Waals surface area (Å²) in [6, 6.07) is 8.56. The van der Waals surface area contributed by atoms with Gasteiger partial charge in [0.25, 0.3) is 0 Å². The van der Waals surface area contributed by atoms with Crippen LogP contribution in [0, 0.1) is 6.92 Å². The standard InChI is InChI=1S/C17H22N2OS/c1-11-7-8-14(20-2)13(9-11)17(19-18)16-10-12-5-3-4-6-15(12)21-16/h7-10,17,19H,3-6,18H2,1-2H3. The number of hydrogen-bond donors (Lipinski definition) is 2. The molecule has 1 unspecified atom stereocenters. The number of nitrogens with two attached hydrogens (primary N) is 1. The van der Waals surface area contributed by atoms with Crippen LogP contribution >= 0.6 is 11.3 Å². The van der Waals surface area contributed by atoms with Gasteiger partial charge in [0, 0.05) is 15.3 Å². The first-order chi connectivity index (χ1) is 10.2. The van der Waals surface area contributed by atoms with E-state index in [0.717, 1.165) is 11.3 Å². The van der Waals surface area contributed by atoms with Crippen LogP contribution in [0.25, 0.3) is 0 Å². The Morgan fingerprint density at radius 3 is 2.76 bits per heavy atom. The molecule has 0 saturated carbocycles. The molecule has 0 spiro atoms. The Hall–Kier alpha value is -1.36. The zero-order valence-electron chi connectivity index (χ0n) is 12.6. The number of thiophene rings is 1. The van der Waals surface area contributed by atoms with E-state index >= 15 is 0 Å². The van der Waals surface area contributed by atoms with Crippen molar-refractivity contribution in [2.45, 2.75) is 38.6 Å². The second kappa shape index (κ2) is 6.18. The lowest BCUT2D eigenvalue weighted by Gasteiger charge is -2.18. The molecule has 112 valence electrons. The van der Waals surface area contributed by atoms with Gasteiger partial charge in [0.05, 0.1) is 13.2 Å². The third-order valence-corrected chi connectivity index (χ3v) is 5.47. The lowest BCUT2D eigenvalue weighted by Crippen LogP contribution is -2.28. The van der Waals surface area contributed by atoms with Gasteiger partial charge in [0.15, 0.2) is 0 Å². The van der Waals surface area contributed by atoms with Crippen molar-refractivity contribution in [1.82, 2.24) is 5.43 Å². The fourth-order valence-corrected chi connectivity index (χ4v) is 4.40. The second-order valence-corrected chi connectivity index (χ2v) is 6.82. The monoisotopic (exact) mass is 302 g/mol. The number of nitrogens with one attached hydrogen (secondary N) is 1. The van der Waals surface area contributed by atoms with Crippen LogP contribution in [-0.2, 0) is 12.8 Å². The number of rotatable bonds is 4. The minimum atomic E-state index is -0.00421. The summed E-state index contributed by atoms with van der Waals surface area (Å²) in [7, 11) is 1.71. The van der Waals surface area contributed by atoms with Crippen molar-refractivity contribution < 1.29 is 4.74 Å². The molecule has 1 atom stereocenters. The van der Waals surface area contributed by atoms with Crippen molar-refractivity contribution in [3.63, 3.8) is 0 Å². The number of aryl methyl sites for hydroxylation is 3. The second-order valence-electron chi connectivity index (χ2n) is 5.65. The van der Waals surface area contributed by atoms with E-state index in [-0.39, 0.29) is 6.04 Å². The molecule has 3 rings (SSSR count). The molecule has 0 bridgehead atoms. The summed E-state index contributed by atoms with van der Waals surface area (Å²) < 4.78 is 5.52. The van der Waals surface area contributed by atoms with Gasteiger partial charge in [0.1, 0.15) is 5.75 Å². The molecule has 1 aromatic carbocycles. The van der Waals surface area contributed by atoms with Crippen LogP contribution < -0.4 is 16.0 Å². The van der Waals surface area contributed by atoms with Crippen LogP contribution in [0.1, 0.15) is 45.3 Å². The molecule has 1 aliphatic carbocycles. The zero-order valence-corrected chi connectivity index (χ0v) is 13.4. The van der Waals surface area contributed by atoms with Crippen molar-refractivity contribution in [2.24, 2.45) is 5.84 Å². The maximum Gasteiger partial charge on any atom is 0.124 e. The number of hydrazine groups is 1. The molecule has 3 N–H and O–H groups in total. The molecule has 0 fully saturated rings. The average molecular weight is 302 g/mol. The van der Waals surface area contributed by atoms with Gasteiger partial charge in [-0.1, -0.05) is 17.7 Å². The minimum Gasteiger partial charge on any atom is -0.496 e. The zero-order chi connectivity index (χ0) is 14.8. The first-order valence-corrected chi connectivity index (χ1v) is 8.26. The van der Waals surface area contributed by atoms with E-state index < -0.39 is 0 Å². The van der Waals surface area contributed by atoms with Crippen LogP contribution in [0.5, 0.6) is 5.75 Å². The van der Waals surface area contributed by atoms with Crippen molar-refractivity contribution >= 4 is 11.3 Å². The molecular formula is C17H22N2OS. The number of fused-ring (bicyclic) bond motifs is 1. The van der Waals surface area contributed by atoms with E-state index in [4.69, 9.17) is 10.6 Å². The van der Waals surface area contributed by atoms with E-state index in [1.165, 1.54) is 46.6 Å². The van der Waals surface area contributed by atoms with E-state index in [2.05, 4.69) is 30.5 Å². The average Bonchev–Trinajstić information content (AvgIpc) is 2.92. The first kappa shape index (κ1) is 14.6. The quantitative estimate of drug-likeness (QED) is 0.671. The maximum atomic E-state index is 5.87. The smallest absolute Gasteiger partial charge is 0.124 e. The van der Waals surface area contributed by atoms with Gasteiger partial charge in [-0.15, -0.1) is 11.3 Å². The minimum absolute atomic E-state index is 0.00421. The third kappa shape index (κ3) is 2.84. The molecule has 0 radical (unpaired) electrons. The Balaban J connectivity index is 2.02. The molecule has 21 heavy (non-hydrogen) atoms. The number of methoxy groups -OCH3 is 1. The lowest BCUT2D eigenvalue weighted by atomic mass is 9.97. The van der Waals surface area contributed by atoms with Crippen LogP contribution in [0.15, 0.2) is 24.3 Å². The molecular weight excluding hydrogens is 280 g/mol. The molecule has 1 aromatic heterocycles. The highest BCUT2D eigenvalue weighted by atomic mass is 32.1. The highest BCUT2D eigenvalue weighted by Gasteiger charge is 2.22. The van der Waals surface area contributed by atoms with E-state index in [1.54, 1.807) is 7.11 Å². The summed E-state index contributed by atoms with van der Waals surface area (Å²) in [5.41, 5.74) is 6.81. The highest BCUT2D eigenvalue weighted by molar-refractivity contribution is 7.12. The van der Waals surface area contributed by atoms with Crippen molar-refractivity contribution in [2.75, 3.05) is 7.11 Å². The molecule has 2 aromatic rings. The molecule has 0 saturated heterocycles. The summed E-state index contributed by atoms with van der Waals surface area (Å²) in [5, 5.41) is 0. The number of ether oxygens (including phenoxy) is 1. The molecule has 0 aliphatic heterocycles. The maximum absolute atomic E-state index is 5.87. The first-order valence-electron chi connectivity index (χ1n) is 7.45. The Kier molecular flexibility index (Phi) is 4.29. The number of hydrogen-bond acceptors (Lipinski definition) is 4. The van der Waals surface area contributed by atoms with Gasteiger partial charge < -0.3 is 4.74 Å². The van der Waals surface area contributed by atoms with Crippen LogP contribution in [0.3, 0.4) is 0 Å². The SMILES string of the molecule is COc1ccc(C)cc1C(NN)c1cc2c(s1)CCCC2. The van der Waals surface area contributed by atoms with E-state index in [1.807, 2.05) is 17.4 Å².